The number of nitrogens with zero attached hydrogens (tertiary/aromatic N) is 2. The first kappa shape index (κ1) is 15.1. The van der Waals surface area contributed by atoms with Crippen LogP contribution >= 0.6 is 15.9 Å². The topological polar surface area (TPSA) is 45.1 Å². The predicted molar refractivity (Wildman–Crippen MR) is 92.5 cm³/mol. The van der Waals surface area contributed by atoms with Crippen molar-refractivity contribution in [3.8, 4) is 5.75 Å². The summed E-state index contributed by atoms with van der Waals surface area (Å²) in [5.74, 6) is 0.218. The summed E-state index contributed by atoms with van der Waals surface area (Å²) in [5, 5.41) is 9.89. The van der Waals surface area contributed by atoms with Crippen molar-refractivity contribution in [2.45, 2.75) is 0 Å². The van der Waals surface area contributed by atoms with Crippen LogP contribution in [0, 0.1) is 0 Å². The third kappa shape index (κ3) is 3.48. The molecule has 0 unspecified atom stereocenters. The maximum Gasteiger partial charge on any atom is 0.124 e. The molecule has 0 amide bonds. The maximum atomic E-state index is 9.89. The largest absolute Gasteiger partial charge is 0.507 e. The first-order valence-corrected chi connectivity index (χ1v) is 7.97. The number of anilines is 1. The van der Waals surface area contributed by atoms with Crippen LogP contribution in [0.5, 0.6) is 5.75 Å². The summed E-state index contributed by atoms with van der Waals surface area (Å²) < 4.78 is 6.31. The van der Waals surface area contributed by atoms with Crippen LogP contribution in [-0.2, 0) is 4.74 Å². The number of hydrogen-bond donors (Lipinski definition) is 1. The van der Waals surface area contributed by atoms with E-state index in [0.29, 0.717) is 5.56 Å². The van der Waals surface area contributed by atoms with Crippen LogP contribution in [0.2, 0.25) is 0 Å². The highest BCUT2D eigenvalue weighted by molar-refractivity contribution is 9.10. The molecule has 22 heavy (non-hydrogen) atoms. The Morgan fingerprint density at radius 2 is 1.91 bits per heavy atom. The SMILES string of the molecule is Oc1ccc(Br)cc1C=Nc1ccccc1N1CCOCC1. The zero-order valence-electron chi connectivity index (χ0n) is 12.1. The standard InChI is InChI=1S/C17H17BrN2O2/c18-14-5-6-17(21)13(11-14)12-19-15-3-1-2-4-16(15)20-7-9-22-10-8-20/h1-6,11-12,21H,7-10H2. The number of phenolic OH excluding ortho intramolecular Hbond substituents is 1. The van der Waals surface area contributed by atoms with E-state index in [0.717, 1.165) is 42.2 Å². The molecule has 1 N–H and O–H groups in total. The van der Waals surface area contributed by atoms with Crippen LogP contribution < -0.4 is 4.90 Å². The van der Waals surface area contributed by atoms with Crippen LogP contribution in [0.3, 0.4) is 0 Å². The average Bonchev–Trinajstić information content (AvgIpc) is 2.57. The van der Waals surface area contributed by atoms with Gasteiger partial charge in [-0.15, -0.1) is 0 Å². The molecule has 0 saturated carbocycles. The molecule has 0 bridgehead atoms. The zero-order valence-corrected chi connectivity index (χ0v) is 13.7. The Bertz CT molecular complexity index is 682. The number of rotatable bonds is 3. The molecular formula is C17H17BrN2O2. The summed E-state index contributed by atoms with van der Waals surface area (Å²) >= 11 is 3.40. The van der Waals surface area contributed by atoms with Gasteiger partial charge in [0.15, 0.2) is 0 Å². The van der Waals surface area contributed by atoms with Crippen molar-refractivity contribution >= 4 is 33.5 Å². The van der Waals surface area contributed by atoms with Crippen LogP contribution in [0.25, 0.3) is 0 Å². The predicted octanol–water partition coefficient (Wildman–Crippen LogP) is 3.74. The average molecular weight is 361 g/mol. The molecule has 0 aliphatic carbocycles. The third-order valence-electron chi connectivity index (χ3n) is 3.57. The first-order chi connectivity index (χ1) is 10.7. The number of morpholine rings is 1. The smallest absolute Gasteiger partial charge is 0.124 e. The molecule has 1 aliphatic rings. The monoisotopic (exact) mass is 360 g/mol. The van der Waals surface area contributed by atoms with Crippen molar-refractivity contribution in [1.29, 1.82) is 0 Å². The van der Waals surface area contributed by atoms with Gasteiger partial charge in [0.1, 0.15) is 5.75 Å². The normalized spacial score (nSPS) is 15.4. The quantitative estimate of drug-likeness (QED) is 0.848. The van der Waals surface area contributed by atoms with Crippen molar-refractivity contribution < 1.29 is 9.84 Å². The van der Waals surface area contributed by atoms with E-state index < -0.39 is 0 Å². The van der Waals surface area contributed by atoms with Gasteiger partial charge >= 0.3 is 0 Å². The molecule has 0 radical (unpaired) electrons. The number of para-hydroxylation sites is 2. The fourth-order valence-electron chi connectivity index (χ4n) is 2.41. The number of hydrogen-bond acceptors (Lipinski definition) is 4. The number of halogens is 1. The van der Waals surface area contributed by atoms with E-state index in [1.54, 1.807) is 18.3 Å². The summed E-state index contributed by atoms with van der Waals surface area (Å²) in [4.78, 5) is 6.84. The Hall–Kier alpha value is -1.85. The lowest BCUT2D eigenvalue weighted by atomic mass is 10.2. The second-order valence-electron chi connectivity index (χ2n) is 5.05. The Labute approximate surface area is 138 Å². The van der Waals surface area contributed by atoms with E-state index in [9.17, 15) is 5.11 Å². The van der Waals surface area contributed by atoms with Crippen molar-refractivity contribution in [2.75, 3.05) is 31.2 Å². The highest BCUT2D eigenvalue weighted by Crippen LogP contribution is 2.29. The molecule has 1 heterocycles. The summed E-state index contributed by atoms with van der Waals surface area (Å²) in [5.41, 5.74) is 2.67. The molecule has 1 saturated heterocycles. The Balaban J connectivity index is 1.88. The first-order valence-electron chi connectivity index (χ1n) is 7.18. The summed E-state index contributed by atoms with van der Waals surface area (Å²) in [6, 6.07) is 13.3. The van der Waals surface area contributed by atoms with E-state index in [-0.39, 0.29) is 5.75 Å². The van der Waals surface area contributed by atoms with Gasteiger partial charge in [0, 0.05) is 29.3 Å². The lowest BCUT2D eigenvalue weighted by molar-refractivity contribution is 0.123. The van der Waals surface area contributed by atoms with Gasteiger partial charge in [0.25, 0.3) is 0 Å². The minimum absolute atomic E-state index is 0.218. The molecule has 0 spiro atoms. The van der Waals surface area contributed by atoms with Crippen LogP contribution in [0.1, 0.15) is 5.56 Å². The minimum Gasteiger partial charge on any atom is -0.507 e. The Kier molecular flexibility index (Phi) is 4.75. The molecule has 2 aromatic carbocycles. The molecule has 1 fully saturated rings. The number of phenols is 1. The van der Waals surface area contributed by atoms with Crippen molar-refractivity contribution in [1.82, 2.24) is 0 Å². The van der Waals surface area contributed by atoms with Crippen molar-refractivity contribution in [2.24, 2.45) is 4.99 Å². The minimum atomic E-state index is 0.218. The zero-order chi connectivity index (χ0) is 15.4. The van der Waals surface area contributed by atoms with Gasteiger partial charge in [-0.25, -0.2) is 0 Å². The summed E-state index contributed by atoms with van der Waals surface area (Å²) in [6.07, 6.45) is 1.69. The molecule has 5 heteroatoms. The van der Waals surface area contributed by atoms with Gasteiger partial charge in [-0.05, 0) is 30.3 Å². The number of aliphatic imine (C=N–C) groups is 1. The van der Waals surface area contributed by atoms with Gasteiger partial charge in [0.2, 0.25) is 0 Å². The van der Waals surface area contributed by atoms with Crippen molar-refractivity contribution in [3.63, 3.8) is 0 Å². The van der Waals surface area contributed by atoms with Crippen LogP contribution in [0.4, 0.5) is 11.4 Å². The number of aromatic hydroxyl groups is 1. The summed E-state index contributed by atoms with van der Waals surface area (Å²) in [6.45, 7) is 3.22. The molecule has 2 aromatic rings. The van der Waals surface area contributed by atoms with Crippen molar-refractivity contribution in [3.05, 3.63) is 52.5 Å². The van der Waals surface area contributed by atoms with E-state index in [1.807, 2.05) is 24.3 Å². The van der Waals surface area contributed by atoms with Crippen LogP contribution in [0.15, 0.2) is 51.9 Å². The van der Waals surface area contributed by atoms with E-state index in [1.165, 1.54) is 0 Å². The molecule has 3 rings (SSSR count). The van der Waals surface area contributed by atoms with Gasteiger partial charge in [0.05, 0.1) is 24.6 Å². The van der Waals surface area contributed by atoms with Gasteiger partial charge < -0.3 is 14.7 Å². The second kappa shape index (κ2) is 6.94. The van der Waals surface area contributed by atoms with E-state index >= 15 is 0 Å². The fraction of sp³-hybridized carbons (Fsp3) is 0.235. The highest BCUT2D eigenvalue weighted by atomic mass is 79.9. The van der Waals surface area contributed by atoms with Gasteiger partial charge in [-0.3, -0.25) is 4.99 Å². The number of benzene rings is 2. The molecular weight excluding hydrogens is 344 g/mol. The van der Waals surface area contributed by atoms with Crippen LogP contribution in [-0.4, -0.2) is 37.6 Å². The number of ether oxygens (including phenoxy) is 1. The summed E-state index contributed by atoms with van der Waals surface area (Å²) in [7, 11) is 0. The molecule has 4 nitrogen and oxygen atoms in total. The second-order valence-corrected chi connectivity index (χ2v) is 5.97. The Morgan fingerprint density at radius 3 is 2.73 bits per heavy atom. The molecule has 0 atom stereocenters. The van der Waals surface area contributed by atoms with Gasteiger partial charge in [-0.1, -0.05) is 28.1 Å². The Morgan fingerprint density at radius 1 is 1.14 bits per heavy atom. The maximum absolute atomic E-state index is 9.89. The molecule has 1 aliphatic heterocycles. The van der Waals surface area contributed by atoms with Gasteiger partial charge in [-0.2, -0.15) is 0 Å². The highest BCUT2D eigenvalue weighted by Gasteiger charge is 2.13. The van der Waals surface area contributed by atoms with E-state index in [2.05, 4.69) is 31.9 Å². The third-order valence-corrected chi connectivity index (χ3v) is 4.06. The van der Waals surface area contributed by atoms with E-state index in [4.69, 9.17) is 4.74 Å². The molecule has 114 valence electrons. The lowest BCUT2D eigenvalue weighted by Gasteiger charge is -2.29. The lowest BCUT2D eigenvalue weighted by Crippen LogP contribution is -2.36. The fourth-order valence-corrected chi connectivity index (χ4v) is 2.79. The molecule has 0 aromatic heterocycles.